The third-order valence-corrected chi connectivity index (χ3v) is 6.27. The maximum atomic E-state index is 12.7. The molecule has 166 valence electrons. The van der Waals surface area contributed by atoms with Gasteiger partial charge in [-0.15, -0.1) is 0 Å². The smallest absolute Gasteiger partial charge is 0.253 e. The van der Waals surface area contributed by atoms with Crippen molar-refractivity contribution >= 4 is 11.9 Å². The number of carbonyl (C=O) groups excluding carboxylic acids is 1. The molecule has 4 rings (SSSR count). The molecule has 0 aliphatic carbocycles. The first-order valence-electron chi connectivity index (χ1n) is 11.5. The summed E-state index contributed by atoms with van der Waals surface area (Å²) in [6, 6.07) is 7.96. The average molecular weight is 423 g/mol. The molecule has 1 atom stereocenters. The van der Waals surface area contributed by atoms with Gasteiger partial charge in [0.15, 0.2) is 5.96 Å². The van der Waals surface area contributed by atoms with Crippen molar-refractivity contribution in [1.29, 1.82) is 0 Å². The third kappa shape index (κ3) is 5.27. The van der Waals surface area contributed by atoms with Crippen molar-refractivity contribution < 1.29 is 4.79 Å². The number of aromatic nitrogens is 2. The number of benzene rings is 1. The molecule has 2 fully saturated rings. The lowest BCUT2D eigenvalue weighted by atomic mass is 10.0. The molecule has 7 nitrogen and oxygen atoms in total. The predicted molar refractivity (Wildman–Crippen MR) is 123 cm³/mol. The predicted octanol–water partition coefficient (Wildman–Crippen LogP) is 3.00. The van der Waals surface area contributed by atoms with Crippen molar-refractivity contribution in [1.82, 2.24) is 24.9 Å². The van der Waals surface area contributed by atoms with Crippen molar-refractivity contribution in [2.24, 2.45) is 12.0 Å². The van der Waals surface area contributed by atoms with Crippen LogP contribution in [0, 0.1) is 0 Å². The highest BCUT2D eigenvalue weighted by Gasteiger charge is 2.27. The summed E-state index contributed by atoms with van der Waals surface area (Å²) < 4.78 is 1.87. The molecule has 1 aromatic carbocycles. The molecule has 7 heteroatoms. The second kappa shape index (κ2) is 9.98. The van der Waals surface area contributed by atoms with Crippen LogP contribution in [0.1, 0.15) is 60.0 Å². The number of aliphatic imine (C=N–C) groups is 1. The van der Waals surface area contributed by atoms with E-state index in [0.29, 0.717) is 12.5 Å². The highest BCUT2D eigenvalue weighted by Crippen LogP contribution is 2.26. The van der Waals surface area contributed by atoms with Crippen molar-refractivity contribution in [2.45, 2.75) is 45.1 Å². The topological polar surface area (TPSA) is 65.8 Å². The summed E-state index contributed by atoms with van der Waals surface area (Å²) in [6.07, 6.45) is 8.67. The fraction of sp³-hybridized carbons (Fsp3) is 0.542. The van der Waals surface area contributed by atoms with E-state index < -0.39 is 0 Å². The monoisotopic (exact) mass is 422 g/mol. The summed E-state index contributed by atoms with van der Waals surface area (Å²) >= 11 is 0. The summed E-state index contributed by atoms with van der Waals surface area (Å²) in [7, 11) is 1.97. The lowest BCUT2D eigenvalue weighted by Gasteiger charge is -2.26. The largest absolute Gasteiger partial charge is 0.357 e. The van der Waals surface area contributed by atoms with Crippen LogP contribution in [-0.4, -0.2) is 64.2 Å². The number of rotatable bonds is 5. The molecule has 2 aliphatic rings. The van der Waals surface area contributed by atoms with Crippen LogP contribution in [-0.2, 0) is 13.6 Å². The number of piperidine rings is 1. The Morgan fingerprint density at radius 3 is 2.58 bits per heavy atom. The van der Waals surface area contributed by atoms with Gasteiger partial charge in [0.1, 0.15) is 0 Å². The molecular weight excluding hydrogens is 388 g/mol. The normalized spacial score (nSPS) is 19.7. The van der Waals surface area contributed by atoms with Crippen molar-refractivity contribution in [3.63, 3.8) is 0 Å². The van der Waals surface area contributed by atoms with Crippen LogP contribution in [0.25, 0.3) is 0 Å². The fourth-order valence-electron chi connectivity index (χ4n) is 4.50. The number of nitrogens with zero attached hydrogens (tertiary/aromatic N) is 5. The van der Waals surface area contributed by atoms with E-state index in [2.05, 4.69) is 28.4 Å². The van der Waals surface area contributed by atoms with Gasteiger partial charge in [-0.1, -0.05) is 12.1 Å². The van der Waals surface area contributed by atoms with Gasteiger partial charge >= 0.3 is 0 Å². The van der Waals surface area contributed by atoms with E-state index in [4.69, 9.17) is 4.99 Å². The van der Waals surface area contributed by atoms with Crippen molar-refractivity contribution in [3.05, 3.63) is 53.3 Å². The summed E-state index contributed by atoms with van der Waals surface area (Å²) in [6.45, 7) is 7.27. The molecule has 0 spiro atoms. The van der Waals surface area contributed by atoms with E-state index >= 15 is 0 Å². The van der Waals surface area contributed by atoms with Gasteiger partial charge in [0.25, 0.3) is 5.91 Å². The molecule has 0 radical (unpaired) electrons. The number of nitrogens with one attached hydrogen (secondary N) is 1. The number of hydrogen-bond acceptors (Lipinski definition) is 3. The summed E-state index contributed by atoms with van der Waals surface area (Å²) in [5.74, 6) is 1.61. The van der Waals surface area contributed by atoms with Crippen LogP contribution in [0.4, 0.5) is 0 Å². The first-order chi connectivity index (χ1) is 15.1. The molecule has 1 unspecified atom stereocenters. The number of amides is 1. The van der Waals surface area contributed by atoms with Gasteiger partial charge in [0, 0.05) is 57.4 Å². The second-order valence-electron chi connectivity index (χ2n) is 8.60. The summed E-state index contributed by atoms with van der Waals surface area (Å²) in [4.78, 5) is 21.9. The van der Waals surface area contributed by atoms with E-state index in [9.17, 15) is 4.79 Å². The lowest BCUT2D eigenvalue weighted by Crippen LogP contribution is -2.40. The third-order valence-electron chi connectivity index (χ3n) is 6.27. The van der Waals surface area contributed by atoms with E-state index in [1.807, 2.05) is 47.1 Å². The number of guanidine groups is 1. The van der Waals surface area contributed by atoms with Gasteiger partial charge in [-0.2, -0.15) is 5.10 Å². The molecule has 2 aliphatic heterocycles. The number of carbonyl (C=O) groups is 1. The molecule has 1 N–H and O–H groups in total. The Morgan fingerprint density at radius 1 is 1.13 bits per heavy atom. The summed E-state index contributed by atoms with van der Waals surface area (Å²) in [5, 5.41) is 7.76. The van der Waals surface area contributed by atoms with Crippen LogP contribution in [0.3, 0.4) is 0 Å². The van der Waals surface area contributed by atoms with Gasteiger partial charge in [-0.05, 0) is 55.9 Å². The van der Waals surface area contributed by atoms with Crippen molar-refractivity contribution in [2.75, 3.05) is 32.7 Å². The molecule has 1 amide bonds. The zero-order chi connectivity index (χ0) is 21.6. The lowest BCUT2D eigenvalue weighted by molar-refractivity contribution is 0.0724. The van der Waals surface area contributed by atoms with Crippen LogP contribution in [0.15, 0.2) is 41.7 Å². The van der Waals surface area contributed by atoms with Crippen LogP contribution < -0.4 is 5.32 Å². The van der Waals surface area contributed by atoms with Gasteiger partial charge in [0.2, 0.25) is 0 Å². The van der Waals surface area contributed by atoms with Gasteiger partial charge in [-0.3, -0.25) is 9.48 Å². The molecule has 0 bridgehead atoms. The number of likely N-dealkylation sites (tertiary alicyclic amines) is 2. The van der Waals surface area contributed by atoms with Crippen LogP contribution in [0.2, 0.25) is 0 Å². The quantitative estimate of drug-likeness (QED) is 0.594. The Balaban J connectivity index is 1.37. The Kier molecular flexibility index (Phi) is 6.89. The molecule has 2 saturated heterocycles. The molecule has 3 heterocycles. The SMILES string of the molecule is CCNC(=NCc1ccc(C(=O)N2CCCCC2)cc1)N1CCC(c2cnn(C)c2)C1. The zero-order valence-corrected chi connectivity index (χ0v) is 18.8. The van der Waals surface area contributed by atoms with E-state index in [-0.39, 0.29) is 5.91 Å². The van der Waals surface area contributed by atoms with E-state index in [1.165, 1.54) is 12.0 Å². The van der Waals surface area contributed by atoms with E-state index in [1.54, 1.807) is 0 Å². The number of hydrogen-bond donors (Lipinski definition) is 1. The van der Waals surface area contributed by atoms with E-state index in [0.717, 1.165) is 69.1 Å². The average Bonchev–Trinajstić information content (AvgIpc) is 3.46. The highest BCUT2D eigenvalue weighted by molar-refractivity contribution is 5.94. The molecular formula is C24H34N6O. The molecule has 0 saturated carbocycles. The number of aryl methyl sites for hydroxylation is 1. The Bertz CT molecular complexity index is 897. The minimum absolute atomic E-state index is 0.154. The minimum atomic E-state index is 0.154. The van der Waals surface area contributed by atoms with Gasteiger partial charge in [0.05, 0.1) is 12.7 Å². The zero-order valence-electron chi connectivity index (χ0n) is 18.8. The molecule has 2 aromatic rings. The van der Waals surface area contributed by atoms with Crippen molar-refractivity contribution in [3.8, 4) is 0 Å². The van der Waals surface area contributed by atoms with Gasteiger partial charge in [-0.25, -0.2) is 4.99 Å². The Hall–Kier alpha value is -2.83. The molecule has 1 aromatic heterocycles. The minimum Gasteiger partial charge on any atom is -0.357 e. The Labute approximate surface area is 185 Å². The first-order valence-corrected chi connectivity index (χ1v) is 11.5. The molecule has 31 heavy (non-hydrogen) atoms. The van der Waals surface area contributed by atoms with Crippen LogP contribution >= 0.6 is 0 Å². The Morgan fingerprint density at radius 2 is 1.90 bits per heavy atom. The maximum Gasteiger partial charge on any atom is 0.253 e. The highest BCUT2D eigenvalue weighted by atomic mass is 16.2. The second-order valence-corrected chi connectivity index (χ2v) is 8.60. The summed E-state index contributed by atoms with van der Waals surface area (Å²) in [5.41, 5.74) is 3.20. The fourth-order valence-corrected chi connectivity index (χ4v) is 4.50. The standard InChI is InChI=1S/C24H34N6O/c1-3-25-24(30-14-11-21(18-30)22-16-27-28(2)17-22)26-15-19-7-9-20(10-8-19)23(31)29-12-5-4-6-13-29/h7-10,16-17,21H,3-6,11-15,18H2,1-2H3,(H,25,26). The van der Waals surface area contributed by atoms with Crippen LogP contribution in [0.5, 0.6) is 0 Å². The maximum absolute atomic E-state index is 12.7. The first kappa shape index (κ1) is 21.4. The van der Waals surface area contributed by atoms with Gasteiger partial charge < -0.3 is 15.1 Å².